The van der Waals surface area contributed by atoms with Gasteiger partial charge in [-0.1, -0.05) is 12.1 Å². The number of rotatable bonds is 4. The predicted molar refractivity (Wildman–Crippen MR) is 129 cm³/mol. The maximum absolute atomic E-state index is 13.3. The Hall–Kier alpha value is -2.71. The zero-order valence-electron chi connectivity index (χ0n) is 19.6. The van der Waals surface area contributed by atoms with E-state index in [1.165, 1.54) is 11.2 Å². The zero-order chi connectivity index (χ0) is 23.9. The van der Waals surface area contributed by atoms with Crippen molar-refractivity contribution in [3.63, 3.8) is 0 Å². The van der Waals surface area contributed by atoms with Crippen LogP contribution in [0.3, 0.4) is 0 Å². The molecule has 0 unspecified atom stereocenters. The van der Waals surface area contributed by atoms with Crippen LogP contribution in [0.25, 0.3) is 0 Å². The minimum Gasteiger partial charge on any atom is -0.326 e. The zero-order valence-corrected chi connectivity index (χ0v) is 20.4. The van der Waals surface area contributed by atoms with E-state index < -0.39 is 10.0 Å². The number of nitrogens with one attached hydrogen (secondary N) is 1. The van der Waals surface area contributed by atoms with E-state index in [2.05, 4.69) is 5.32 Å². The van der Waals surface area contributed by atoms with Crippen molar-refractivity contribution in [1.29, 1.82) is 0 Å². The summed E-state index contributed by atoms with van der Waals surface area (Å²) < 4.78 is 28.0. The minimum atomic E-state index is -3.66. The quantitative estimate of drug-likeness (QED) is 0.741. The molecule has 2 aromatic rings. The molecule has 2 amide bonds. The highest BCUT2D eigenvalue weighted by atomic mass is 32.2. The van der Waals surface area contributed by atoms with Crippen LogP contribution >= 0.6 is 0 Å². The second kappa shape index (κ2) is 8.91. The molecule has 0 aromatic heterocycles. The predicted octanol–water partition coefficient (Wildman–Crippen LogP) is 3.64. The van der Waals surface area contributed by atoms with E-state index in [1.807, 2.05) is 39.0 Å². The maximum atomic E-state index is 13.3. The summed E-state index contributed by atoms with van der Waals surface area (Å²) in [7, 11) is -3.66. The fraction of sp³-hybridized carbons (Fsp3) is 0.440. The van der Waals surface area contributed by atoms with Gasteiger partial charge >= 0.3 is 0 Å². The van der Waals surface area contributed by atoms with E-state index in [0.29, 0.717) is 32.4 Å². The molecule has 0 bridgehead atoms. The Kier molecular flexibility index (Phi) is 6.33. The lowest BCUT2D eigenvalue weighted by Gasteiger charge is -2.31. The number of hydrogen-bond donors (Lipinski definition) is 1. The highest BCUT2D eigenvalue weighted by Gasteiger charge is 2.34. The largest absolute Gasteiger partial charge is 0.326 e. The maximum Gasteiger partial charge on any atom is 0.243 e. The van der Waals surface area contributed by atoms with E-state index in [0.717, 1.165) is 28.1 Å². The lowest BCUT2D eigenvalue weighted by atomic mass is 9.97. The van der Waals surface area contributed by atoms with Crippen LogP contribution in [0, 0.1) is 19.8 Å². The Morgan fingerprint density at radius 1 is 1.06 bits per heavy atom. The standard InChI is InChI=1S/C25H31N3O4S/c1-16-6-5-7-23(18(16)3)26-25(30)20-10-12-27(13-11-20)33(31,32)22-8-9-24-21(15-22)14-17(2)28(24)19(4)29/h5-9,15,17,20H,10-14H2,1-4H3,(H,26,30)/t17-/m0/s1. The highest BCUT2D eigenvalue weighted by Crippen LogP contribution is 2.35. The molecule has 0 saturated carbocycles. The minimum absolute atomic E-state index is 0.0155. The molecule has 2 aromatic carbocycles. The summed E-state index contributed by atoms with van der Waals surface area (Å²) in [6.07, 6.45) is 1.60. The average molecular weight is 470 g/mol. The van der Waals surface area contributed by atoms with Gasteiger partial charge in [-0.25, -0.2) is 8.42 Å². The van der Waals surface area contributed by atoms with Crippen LogP contribution in [-0.2, 0) is 26.0 Å². The fourth-order valence-electron chi connectivity index (χ4n) is 4.88. The van der Waals surface area contributed by atoms with E-state index in [1.54, 1.807) is 23.1 Å². The Balaban J connectivity index is 1.43. The first-order valence-corrected chi connectivity index (χ1v) is 12.8. The Bertz CT molecular complexity index is 1200. The molecule has 2 aliphatic heterocycles. The van der Waals surface area contributed by atoms with E-state index >= 15 is 0 Å². The van der Waals surface area contributed by atoms with Crippen LogP contribution in [0.2, 0.25) is 0 Å². The Morgan fingerprint density at radius 3 is 2.42 bits per heavy atom. The van der Waals surface area contributed by atoms with Gasteiger partial charge in [0.15, 0.2) is 0 Å². The van der Waals surface area contributed by atoms with E-state index in [-0.39, 0.29) is 28.7 Å². The van der Waals surface area contributed by atoms with Gasteiger partial charge in [0.1, 0.15) is 0 Å². The third kappa shape index (κ3) is 4.42. The van der Waals surface area contributed by atoms with Crippen molar-refractivity contribution in [2.24, 2.45) is 5.92 Å². The first-order chi connectivity index (χ1) is 15.6. The van der Waals surface area contributed by atoms with Gasteiger partial charge in [-0.3, -0.25) is 9.59 Å². The molecule has 7 nitrogen and oxygen atoms in total. The average Bonchev–Trinajstić information content (AvgIpc) is 3.12. The van der Waals surface area contributed by atoms with Crippen LogP contribution in [0.15, 0.2) is 41.3 Å². The van der Waals surface area contributed by atoms with Crippen LogP contribution in [0.5, 0.6) is 0 Å². The first-order valence-electron chi connectivity index (χ1n) is 11.4. The molecule has 1 N–H and O–H groups in total. The number of nitrogens with zero attached hydrogens (tertiary/aromatic N) is 2. The molecule has 8 heteroatoms. The second-order valence-electron chi connectivity index (χ2n) is 9.15. The number of fused-ring (bicyclic) bond motifs is 1. The van der Waals surface area contributed by atoms with Crippen molar-refractivity contribution in [3.05, 3.63) is 53.1 Å². The van der Waals surface area contributed by atoms with Crippen LogP contribution in [0.4, 0.5) is 11.4 Å². The second-order valence-corrected chi connectivity index (χ2v) is 11.1. The van der Waals surface area contributed by atoms with Crippen molar-refractivity contribution < 1.29 is 18.0 Å². The lowest BCUT2D eigenvalue weighted by molar-refractivity contribution is -0.121. The molecule has 2 heterocycles. The number of carbonyl (C=O) groups excluding carboxylic acids is 2. The number of carbonyl (C=O) groups is 2. The molecule has 176 valence electrons. The van der Waals surface area contributed by atoms with Crippen molar-refractivity contribution in [3.8, 4) is 0 Å². The number of piperidine rings is 1. The third-order valence-corrected chi connectivity index (χ3v) is 8.83. The number of anilines is 2. The van der Waals surface area contributed by atoms with E-state index in [9.17, 15) is 18.0 Å². The number of hydrogen-bond acceptors (Lipinski definition) is 4. The van der Waals surface area contributed by atoms with Gasteiger partial charge in [0.05, 0.1) is 4.90 Å². The summed E-state index contributed by atoms with van der Waals surface area (Å²) >= 11 is 0. The van der Waals surface area contributed by atoms with Crippen LogP contribution in [-0.4, -0.2) is 43.7 Å². The van der Waals surface area contributed by atoms with Crippen molar-refractivity contribution in [2.45, 2.75) is 57.9 Å². The highest BCUT2D eigenvalue weighted by molar-refractivity contribution is 7.89. The Morgan fingerprint density at radius 2 is 1.76 bits per heavy atom. The summed E-state index contributed by atoms with van der Waals surface area (Å²) in [5.74, 6) is -0.323. The van der Waals surface area contributed by atoms with Gasteiger partial charge in [-0.15, -0.1) is 0 Å². The monoisotopic (exact) mass is 469 g/mol. The van der Waals surface area contributed by atoms with Gasteiger partial charge in [-0.2, -0.15) is 4.31 Å². The summed E-state index contributed by atoms with van der Waals surface area (Å²) in [6, 6.07) is 10.8. The fourth-order valence-corrected chi connectivity index (χ4v) is 6.40. The Labute approximate surface area is 195 Å². The number of aryl methyl sites for hydroxylation is 1. The topological polar surface area (TPSA) is 86.8 Å². The number of amides is 2. The number of benzene rings is 2. The molecule has 0 spiro atoms. The molecule has 1 saturated heterocycles. The third-order valence-electron chi connectivity index (χ3n) is 6.93. The first kappa shape index (κ1) is 23.4. The number of sulfonamides is 1. The summed E-state index contributed by atoms with van der Waals surface area (Å²) in [6.45, 7) is 8.08. The molecule has 2 aliphatic rings. The molecule has 0 aliphatic carbocycles. The van der Waals surface area contributed by atoms with Gasteiger partial charge in [0.25, 0.3) is 0 Å². The normalized spacial score (nSPS) is 19.4. The lowest BCUT2D eigenvalue weighted by Crippen LogP contribution is -2.41. The van der Waals surface area contributed by atoms with Crippen molar-refractivity contribution >= 4 is 33.2 Å². The molecule has 4 rings (SSSR count). The molecule has 1 atom stereocenters. The molecule has 1 fully saturated rings. The molecular formula is C25H31N3O4S. The van der Waals surface area contributed by atoms with Gasteiger partial charge < -0.3 is 10.2 Å². The molecule has 33 heavy (non-hydrogen) atoms. The molecular weight excluding hydrogens is 438 g/mol. The van der Waals surface area contributed by atoms with Crippen LogP contribution in [0.1, 0.15) is 43.4 Å². The smallest absolute Gasteiger partial charge is 0.243 e. The van der Waals surface area contributed by atoms with Crippen molar-refractivity contribution in [2.75, 3.05) is 23.3 Å². The van der Waals surface area contributed by atoms with Crippen LogP contribution < -0.4 is 10.2 Å². The summed E-state index contributed by atoms with van der Waals surface area (Å²) in [5, 5.41) is 3.01. The van der Waals surface area contributed by atoms with Crippen molar-refractivity contribution in [1.82, 2.24) is 4.31 Å². The summed E-state index contributed by atoms with van der Waals surface area (Å²) in [5.41, 5.74) is 4.63. The molecule has 0 radical (unpaired) electrons. The van der Waals surface area contributed by atoms with E-state index in [4.69, 9.17) is 0 Å². The van der Waals surface area contributed by atoms with Gasteiger partial charge in [0, 0.05) is 43.3 Å². The summed E-state index contributed by atoms with van der Waals surface area (Å²) in [4.78, 5) is 26.7. The SMILES string of the molecule is CC(=O)N1c2ccc(S(=O)(=O)N3CCC(C(=O)Nc4cccc(C)c4C)CC3)cc2C[C@@H]1C. The van der Waals surface area contributed by atoms with Gasteiger partial charge in [-0.05, 0) is 81.0 Å². The van der Waals surface area contributed by atoms with Gasteiger partial charge in [0.2, 0.25) is 21.8 Å².